The first kappa shape index (κ1) is 22.1. The normalized spacial score (nSPS) is 12.1. The molecule has 0 amide bonds. The lowest BCUT2D eigenvalue weighted by atomic mass is 9.92. The average Bonchev–Trinajstić information content (AvgIpc) is 3.25. The topological polar surface area (TPSA) is 61.1 Å². The van der Waals surface area contributed by atoms with Crippen molar-refractivity contribution in [3.05, 3.63) is 76.5 Å². The van der Waals surface area contributed by atoms with Crippen molar-refractivity contribution in [3.63, 3.8) is 0 Å². The van der Waals surface area contributed by atoms with Gasteiger partial charge >= 0.3 is 0 Å². The van der Waals surface area contributed by atoms with Gasteiger partial charge in [-0.3, -0.25) is 4.68 Å². The van der Waals surface area contributed by atoms with Crippen molar-refractivity contribution < 1.29 is 8.78 Å². The summed E-state index contributed by atoms with van der Waals surface area (Å²) >= 11 is 0. The first-order valence-corrected chi connectivity index (χ1v) is 10.8. The Morgan fingerprint density at radius 3 is 2.47 bits per heavy atom. The van der Waals surface area contributed by atoms with E-state index >= 15 is 0 Å². The maximum Gasteiger partial charge on any atom is 0.162 e. The maximum absolute atomic E-state index is 14.9. The Morgan fingerprint density at radius 2 is 1.75 bits per heavy atom. The summed E-state index contributed by atoms with van der Waals surface area (Å²) in [7, 11) is 1.90. The minimum Gasteiger partial charge on any atom is -0.321 e. The van der Waals surface area contributed by atoms with Crippen LogP contribution < -0.4 is 5.73 Å². The quantitative estimate of drug-likeness (QED) is 0.462. The minimum atomic E-state index is -0.829. The third-order valence-electron chi connectivity index (χ3n) is 6.12. The van der Waals surface area contributed by atoms with Crippen LogP contribution in [0.15, 0.2) is 36.7 Å². The van der Waals surface area contributed by atoms with Crippen LogP contribution in [0.5, 0.6) is 0 Å². The molecule has 0 saturated carbocycles. The van der Waals surface area contributed by atoms with Gasteiger partial charge in [0.25, 0.3) is 0 Å². The van der Waals surface area contributed by atoms with E-state index in [4.69, 9.17) is 5.73 Å². The standard InChI is InChI=1S/C25H29F2N5/c1-15-13-29-22-12-9-17(14-32(15)22)19-10-11-21(26)23(27)20(19)8-6-7-18-16(2)31(5)30-24(18)25(3,4)28/h9-14H,6-8,28H2,1-5H3. The van der Waals surface area contributed by atoms with Gasteiger partial charge in [0.15, 0.2) is 11.6 Å². The van der Waals surface area contributed by atoms with E-state index in [1.165, 1.54) is 6.07 Å². The van der Waals surface area contributed by atoms with Crippen LogP contribution >= 0.6 is 0 Å². The molecular formula is C25H29F2N5. The predicted octanol–water partition coefficient (Wildman–Crippen LogP) is 5.00. The van der Waals surface area contributed by atoms with E-state index in [1.54, 1.807) is 12.3 Å². The lowest BCUT2D eigenvalue weighted by Gasteiger charge is -2.18. The highest BCUT2D eigenvalue weighted by Gasteiger charge is 2.25. The first-order chi connectivity index (χ1) is 15.1. The molecule has 4 aromatic rings. The van der Waals surface area contributed by atoms with E-state index in [0.29, 0.717) is 30.4 Å². The fourth-order valence-corrected chi connectivity index (χ4v) is 4.28. The smallest absolute Gasteiger partial charge is 0.162 e. The zero-order chi connectivity index (χ0) is 23.2. The van der Waals surface area contributed by atoms with Crippen molar-refractivity contribution in [1.29, 1.82) is 0 Å². The van der Waals surface area contributed by atoms with Gasteiger partial charge in [-0.1, -0.05) is 6.07 Å². The number of imidazole rings is 1. The van der Waals surface area contributed by atoms with Gasteiger partial charge in [-0.25, -0.2) is 13.8 Å². The molecule has 1 aromatic carbocycles. The van der Waals surface area contributed by atoms with Crippen LogP contribution in [0, 0.1) is 25.5 Å². The second-order valence-corrected chi connectivity index (χ2v) is 9.04. The summed E-state index contributed by atoms with van der Waals surface area (Å²) in [6.07, 6.45) is 5.45. The van der Waals surface area contributed by atoms with E-state index in [9.17, 15) is 8.78 Å². The third-order valence-corrected chi connectivity index (χ3v) is 6.12. The number of fused-ring (bicyclic) bond motifs is 1. The fourth-order valence-electron chi connectivity index (χ4n) is 4.28. The number of halogens is 2. The number of rotatable bonds is 6. The van der Waals surface area contributed by atoms with Gasteiger partial charge in [-0.2, -0.15) is 5.10 Å². The van der Waals surface area contributed by atoms with E-state index < -0.39 is 17.2 Å². The summed E-state index contributed by atoms with van der Waals surface area (Å²) in [6, 6.07) is 6.64. The molecule has 0 unspecified atom stereocenters. The Morgan fingerprint density at radius 1 is 1.03 bits per heavy atom. The van der Waals surface area contributed by atoms with E-state index in [1.807, 2.05) is 62.2 Å². The summed E-state index contributed by atoms with van der Waals surface area (Å²) in [5, 5.41) is 4.58. The van der Waals surface area contributed by atoms with Crippen LogP contribution in [0.25, 0.3) is 16.8 Å². The summed E-state index contributed by atoms with van der Waals surface area (Å²) in [4.78, 5) is 4.34. The fraction of sp³-hybridized carbons (Fsp3) is 0.360. The van der Waals surface area contributed by atoms with Crippen molar-refractivity contribution in [2.24, 2.45) is 12.8 Å². The molecule has 7 heteroatoms. The minimum absolute atomic E-state index is 0.386. The molecule has 4 rings (SSSR count). The number of hydrogen-bond donors (Lipinski definition) is 1. The summed E-state index contributed by atoms with van der Waals surface area (Å²) < 4.78 is 32.9. The molecule has 0 radical (unpaired) electrons. The van der Waals surface area contributed by atoms with Crippen molar-refractivity contribution in [3.8, 4) is 11.1 Å². The molecule has 3 aromatic heterocycles. The van der Waals surface area contributed by atoms with Gasteiger partial charge in [0.2, 0.25) is 0 Å². The van der Waals surface area contributed by atoms with E-state index in [0.717, 1.165) is 33.9 Å². The molecule has 0 spiro atoms. The zero-order valence-electron chi connectivity index (χ0n) is 19.2. The van der Waals surface area contributed by atoms with Crippen molar-refractivity contribution in [1.82, 2.24) is 19.2 Å². The monoisotopic (exact) mass is 437 g/mol. The molecule has 2 N–H and O–H groups in total. The maximum atomic E-state index is 14.9. The molecule has 168 valence electrons. The molecule has 5 nitrogen and oxygen atoms in total. The molecule has 3 heterocycles. The number of aryl methyl sites for hydroxylation is 2. The molecule has 0 bridgehead atoms. The SMILES string of the molecule is Cc1c(CCCc2c(-c3ccc4ncc(C)n4c3)ccc(F)c2F)c(C(C)(C)N)nn1C. The molecule has 0 saturated heterocycles. The summed E-state index contributed by atoms with van der Waals surface area (Å²) in [5.41, 5.74) is 12.4. The Balaban J connectivity index is 1.66. The molecule has 0 aliphatic rings. The molecule has 0 atom stereocenters. The van der Waals surface area contributed by atoms with Gasteiger partial charge in [0.05, 0.1) is 11.2 Å². The Hall–Kier alpha value is -3.06. The highest BCUT2D eigenvalue weighted by Crippen LogP contribution is 2.30. The Labute approximate surface area is 186 Å². The van der Waals surface area contributed by atoms with Crippen molar-refractivity contribution in [2.45, 2.75) is 52.5 Å². The van der Waals surface area contributed by atoms with Crippen LogP contribution in [0.4, 0.5) is 8.78 Å². The zero-order valence-corrected chi connectivity index (χ0v) is 19.2. The summed E-state index contributed by atoms with van der Waals surface area (Å²) in [6.45, 7) is 7.82. The highest BCUT2D eigenvalue weighted by atomic mass is 19.2. The number of hydrogen-bond acceptors (Lipinski definition) is 3. The van der Waals surface area contributed by atoms with Crippen LogP contribution in [0.1, 0.15) is 48.5 Å². The van der Waals surface area contributed by atoms with E-state index in [2.05, 4.69) is 10.1 Å². The van der Waals surface area contributed by atoms with Crippen molar-refractivity contribution >= 4 is 5.65 Å². The average molecular weight is 438 g/mol. The van der Waals surface area contributed by atoms with Gasteiger partial charge in [0.1, 0.15) is 5.65 Å². The largest absolute Gasteiger partial charge is 0.321 e. The van der Waals surface area contributed by atoms with Crippen molar-refractivity contribution in [2.75, 3.05) is 0 Å². The van der Waals surface area contributed by atoms with Crippen LogP contribution in [-0.2, 0) is 25.4 Å². The molecule has 32 heavy (non-hydrogen) atoms. The highest BCUT2D eigenvalue weighted by molar-refractivity contribution is 5.68. The van der Waals surface area contributed by atoms with Gasteiger partial charge in [-0.05, 0) is 87.4 Å². The van der Waals surface area contributed by atoms with Gasteiger partial charge in [-0.15, -0.1) is 0 Å². The third kappa shape index (κ3) is 3.93. The van der Waals surface area contributed by atoms with Crippen LogP contribution in [0.3, 0.4) is 0 Å². The first-order valence-electron chi connectivity index (χ1n) is 10.8. The number of pyridine rings is 1. The van der Waals surface area contributed by atoms with Gasteiger partial charge in [0, 0.05) is 30.8 Å². The molecule has 0 aliphatic carbocycles. The van der Waals surface area contributed by atoms with E-state index in [-0.39, 0.29) is 0 Å². The Kier molecular flexibility index (Phi) is 5.63. The molecule has 0 aliphatic heterocycles. The molecule has 0 fully saturated rings. The summed E-state index contributed by atoms with van der Waals surface area (Å²) in [5.74, 6) is -1.61. The molecular weight excluding hydrogens is 408 g/mol. The second-order valence-electron chi connectivity index (χ2n) is 9.04. The second kappa shape index (κ2) is 8.13. The van der Waals surface area contributed by atoms with Crippen LogP contribution in [0.2, 0.25) is 0 Å². The number of nitrogens with zero attached hydrogens (tertiary/aromatic N) is 4. The number of aromatic nitrogens is 4. The van der Waals surface area contributed by atoms with Gasteiger partial charge < -0.3 is 10.1 Å². The number of benzene rings is 1. The predicted molar refractivity (Wildman–Crippen MR) is 122 cm³/mol. The van der Waals surface area contributed by atoms with Crippen LogP contribution in [-0.4, -0.2) is 19.2 Å². The Bertz CT molecular complexity index is 1290. The number of nitrogens with two attached hydrogens (primary N) is 1. The lowest BCUT2D eigenvalue weighted by molar-refractivity contribution is 0.497. The lowest BCUT2D eigenvalue weighted by Crippen LogP contribution is -2.30.